The average Bonchev–Trinajstić information content (AvgIpc) is 3.37. The van der Waals surface area contributed by atoms with Gasteiger partial charge in [-0.3, -0.25) is 14.4 Å². The van der Waals surface area contributed by atoms with Crippen LogP contribution in [0.2, 0.25) is 0 Å². The molecule has 1 aliphatic rings. The molecule has 0 bridgehead atoms. The fraction of sp³-hybridized carbons (Fsp3) is 0.261. The number of fused-ring (bicyclic) bond motifs is 1. The molecule has 1 aromatic heterocycles. The number of hydrogen-bond donors (Lipinski definition) is 3. The summed E-state index contributed by atoms with van der Waals surface area (Å²) in [6.45, 7) is 1.58. The zero-order valence-corrected chi connectivity index (χ0v) is 16.6. The van der Waals surface area contributed by atoms with Gasteiger partial charge < -0.3 is 20.5 Å². The molecular weight excluding hydrogens is 380 g/mol. The van der Waals surface area contributed by atoms with Crippen LogP contribution in [-0.2, 0) is 16.1 Å². The van der Waals surface area contributed by atoms with Crippen molar-refractivity contribution in [2.45, 2.75) is 13.0 Å². The molecule has 3 N–H and O–H groups in total. The summed E-state index contributed by atoms with van der Waals surface area (Å²) >= 11 is 0. The van der Waals surface area contributed by atoms with E-state index < -0.39 is 0 Å². The zero-order valence-electron chi connectivity index (χ0n) is 16.6. The van der Waals surface area contributed by atoms with Gasteiger partial charge in [0.1, 0.15) is 0 Å². The molecule has 7 nitrogen and oxygen atoms in total. The van der Waals surface area contributed by atoms with Gasteiger partial charge >= 0.3 is 0 Å². The molecule has 0 radical (unpaired) electrons. The zero-order chi connectivity index (χ0) is 20.9. The van der Waals surface area contributed by atoms with Crippen molar-refractivity contribution in [3.8, 4) is 0 Å². The first-order chi connectivity index (χ1) is 14.6. The number of likely N-dealkylation sites (tertiary alicyclic amines) is 1. The number of amides is 3. The Morgan fingerprint density at radius 2 is 1.83 bits per heavy atom. The Labute approximate surface area is 174 Å². The van der Waals surface area contributed by atoms with Crippen LogP contribution in [0.25, 0.3) is 10.9 Å². The van der Waals surface area contributed by atoms with Gasteiger partial charge in [0, 0.05) is 49.9 Å². The molecule has 7 heteroatoms. The topological polar surface area (TPSA) is 94.3 Å². The summed E-state index contributed by atoms with van der Waals surface area (Å²) < 4.78 is 0. The first-order valence-electron chi connectivity index (χ1n) is 10.0. The molecule has 1 fully saturated rings. The van der Waals surface area contributed by atoms with E-state index in [-0.39, 0.29) is 30.1 Å². The van der Waals surface area contributed by atoms with Crippen molar-refractivity contribution >= 4 is 28.6 Å². The molecule has 0 aliphatic carbocycles. The number of aromatic amines is 1. The van der Waals surface area contributed by atoms with Crippen LogP contribution < -0.4 is 10.6 Å². The summed E-state index contributed by atoms with van der Waals surface area (Å²) in [4.78, 5) is 41.7. The lowest BCUT2D eigenvalue weighted by Crippen LogP contribution is -2.38. The van der Waals surface area contributed by atoms with Gasteiger partial charge in [0.05, 0.1) is 5.92 Å². The molecule has 2 heterocycles. The van der Waals surface area contributed by atoms with E-state index in [0.717, 1.165) is 16.5 Å². The number of nitrogens with one attached hydrogen (secondary N) is 3. The first kappa shape index (κ1) is 19.7. The maximum atomic E-state index is 12.4. The summed E-state index contributed by atoms with van der Waals surface area (Å²) in [5, 5.41) is 6.68. The van der Waals surface area contributed by atoms with Crippen molar-refractivity contribution in [1.82, 2.24) is 20.5 Å². The van der Waals surface area contributed by atoms with Crippen LogP contribution in [0.4, 0.5) is 0 Å². The van der Waals surface area contributed by atoms with E-state index >= 15 is 0 Å². The molecular formula is C23H24N4O3. The minimum atomic E-state index is -0.354. The number of nitrogens with zero attached hydrogens (tertiary/aromatic N) is 1. The number of hydrogen-bond acceptors (Lipinski definition) is 3. The fourth-order valence-electron chi connectivity index (χ4n) is 3.70. The SMILES string of the molecule is O=C(NCCNC(=O)[C@H]1CC(=O)N(Cc2ccccc2)C1)c1ccc2cc[nH]c2c1. The second kappa shape index (κ2) is 8.82. The number of carbonyl (C=O) groups is 3. The predicted molar refractivity (Wildman–Crippen MR) is 114 cm³/mol. The van der Waals surface area contributed by atoms with Crippen LogP contribution in [0.5, 0.6) is 0 Å². The van der Waals surface area contributed by atoms with Gasteiger partial charge in [-0.2, -0.15) is 0 Å². The summed E-state index contributed by atoms with van der Waals surface area (Å²) in [6, 6.07) is 17.2. The lowest BCUT2D eigenvalue weighted by atomic mass is 10.1. The summed E-state index contributed by atoms with van der Waals surface area (Å²) in [7, 11) is 0. The van der Waals surface area contributed by atoms with Crippen molar-refractivity contribution in [2.24, 2.45) is 5.92 Å². The average molecular weight is 404 g/mol. The molecule has 4 rings (SSSR count). The molecule has 0 saturated carbocycles. The van der Waals surface area contributed by atoms with Crippen LogP contribution in [0.15, 0.2) is 60.8 Å². The Morgan fingerprint density at radius 3 is 2.67 bits per heavy atom. The molecule has 3 aromatic rings. The number of carbonyl (C=O) groups excluding carboxylic acids is 3. The highest BCUT2D eigenvalue weighted by atomic mass is 16.2. The molecule has 1 aliphatic heterocycles. The van der Waals surface area contributed by atoms with E-state index in [1.54, 1.807) is 17.0 Å². The fourth-order valence-corrected chi connectivity index (χ4v) is 3.70. The summed E-state index contributed by atoms with van der Waals surface area (Å²) in [6.07, 6.45) is 2.05. The Bertz CT molecular complexity index is 1060. The molecule has 154 valence electrons. The van der Waals surface area contributed by atoms with E-state index in [1.165, 1.54) is 0 Å². The smallest absolute Gasteiger partial charge is 0.251 e. The molecule has 1 atom stereocenters. The maximum Gasteiger partial charge on any atom is 0.251 e. The lowest BCUT2D eigenvalue weighted by molar-refractivity contribution is -0.129. The van der Waals surface area contributed by atoms with E-state index in [2.05, 4.69) is 15.6 Å². The molecule has 0 unspecified atom stereocenters. The number of H-pyrrole nitrogens is 1. The third kappa shape index (κ3) is 4.51. The van der Waals surface area contributed by atoms with E-state index in [9.17, 15) is 14.4 Å². The second-order valence-corrected chi connectivity index (χ2v) is 7.49. The summed E-state index contributed by atoms with van der Waals surface area (Å²) in [5.74, 6) is -0.703. The molecule has 0 spiro atoms. The Morgan fingerprint density at radius 1 is 1.03 bits per heavy atom. The Balaban J connectivity index is 1.21. The van der Waals surface area contributed by atoms with Crippen LogP contribution in [0.1, 0.15) is 22.3 Å². The maximum absolute atomic E-state index is 12.4. The highest BCUT2D eigenvalue weighted by Gasteiger charge is 2.33. The van der Waals surface area contributed by atoms with Gasteiger partial charge in [-0.15, -0.1) is 0 Å². The standard InChI is InChI=1S/C23H24N4O3/c28-21-13-19(15-27(21)14-16-4-2-1-3-5-16)23(30)26-11-10-25-22(29)18-7-6-17-8-9-24-20(17)12-18/h1-9,12,19,24H,10-11,13-15H2,(H,25,29)(H,26,30)/t19-/m0/s1. The van der Waals surface area contributed by atoms with Crippen molar-refractivity contribution in [2.75, 3.05) is 19.6 Å². The van der Waals surface area contributed by atoms with Gasteiger partial charge in [-0.05, 0) is 29.1 Å². The molecule has 1 saturated heterocycles. The van der Waals surface area contributed by atoms with E-state index in [4.69, 9.17) is 0 Å². The lowest BCUT2D eigenvalue weighted by Gasteiger charge is -2.16. The second-order valence-electron chi connectivity index (χ2n) is 7.49. The highest BCUT2D eigenvalue weighted by molar-refractivity contribution is 5.98. The van der Waals surface area contributed by atoms with E-state index in [1.807, 2.05) is 48.7 Å². The van der Waals surface area contributed by atoms with Crippen LogP contribution >= 0.6 is 0 Å². The highest BCUT2D eigenvalue weighted by Crippen LogP contribution is 2.20. The molecule has 30 heavy (non-hydrogen) atoms. The third-order valence-electron chi connectivity index (χ3n) is 5.33. The van der Waals surface area contributed by atoms with Crippen LogP contribution in [-0.4, -0.2) is 47.2 Å². The molecule has 3 amide bonds. The van der Waals surface area contributed by atoms with Gasteiger partial charge in [-0.1, -0.05) is 36.4 Å². The minimum Gasteiger partial charge on any atom is -0.361 e. The van der Waals surface area contributed by atoms with E-state index in [0.29, 0.717) is 31.7 Å². The Kier molecular flexibility index (Phi) is 5.79. The first-order valence-corrected chi connectivity index (χ1v) is 10.0. The molecule has 2 aromatic carbocycles. The van der Waals surface area contributed by atoms with Gasteiger partial charge in [-0.25, -0.2) is 0 Å². The number of rotatable bonds is 7. The van der Waals surface area contributed by atoms with Crippen molar-refractivity contribution in [1.29, 1.82) is 0 Å². The van der Waals surface area contributed by atoms with Gasteiger partial charge in [0.2, 0.25) is 11.8 Å². The number of aromatic nitrogens is 1. The third-order valence-corrected chi connectivity index (χ3v) is 5.33. The van der Waals surface area contributed by atoms with Crippen LogP contribution in [0.3, 0.4) is 0 Å². The summed E-state index contributed by atoms with van der Waals surface area (Å²) in [5.41, 5.74) is 2.52. The Hall–Kier alpha value is -3.61. The predicted octanol–water partition coefficient (Wildman–Crippen LogP) is 2.06. The van der Waals surface area contributed by atoms with Crippen molar-refractivity contribution < 1.29 is 14.4 Å². The van der Waals surface area contributed by atoms with Gasteiger partial charge in [0.25, 0.3) is 5.91 Å². The number of benzene rings is 2. The monoisotopic (exact) mass is 404 g/mol. The van der Waals surface area contributed by atoms with Gasteiger partial charge in [0.15, 0.2) is 0 Å². The quantitative estimate of drug-likeness (QED) is 0.526. The van der Waals surface area contributed by atoms with Crippen molar-refractivity contribution in [3.63, 3.8) is 0 Å². The van der Waals surface area contributed by atoms with Crippen molar-refractivity contribution in [3.05, 3.63) is 71.9 Å². The normalized spacial score (nSPS) is 16.1. The largest absolute Gasteiger partial charge is 0.361 e. The minimum absolute atomic E-state index is 0.00739. The van der Waals surface area contributed by atoms with Crippen LogP contribution in [0, 0.1) is 5.92 Å².